The molecule has 92 valence electrons. The molecular weight excluding hydrogens is 210 g/mol. The second kappa shape index (κ2) is 5.46. The average molecular weight is 231 g/mol. The van der Waals surface area contributed by atoms with Crippen LogP contribution in [-0.4, -0.2) is 18.4 Å². The van der Waals surface area contributed by atoms with Gasteiger partial charge in [-0.1, -0.05) is 31.2 Å². The molecule has 1 aliphatic carbocycles. The fourth-order valence-electron chi connectivity index (χ4n) is 2.67. The number of hydrogen-bond donors (Lipinski definition) is 1. The zero-order valence-electron chi connectivity index (χ0n) is 10.7. The van der Waals surface area contributed by atoms with Gasteiger partial charge >= 0.3 is 0 Å². The number of carbonyl (C=O) groups excluding carboxylic acids is 1. The molecule has 2 atom stereocenters. The predicted molar refractivity (Wildman–Crippen MR) is 70.3 cm³/mol. The Kier molecular flexibility index (Phi) is 3.95. The van der Waals surface area contributed by atoms with E-state index in [0.29, 0.717) is 30.6 Å². The third kappa shape index (κ3) is 2.95. The molecule has 1 aliphatic rings. The number of ketones is 1. The van der Waals surface area contributed by atoms with E-state index >= 15 is 0 Å². The first kappa shape index (κ1) is 12.3. The van der Waals surface area contributed by atoms with Crippen LogP contribution in [0.3, 0.4) is 0 Å². The number of Topliss-reactive ketones (excluding diaryl/α,β-unsaturated/α-hetero) is 1. The molecule has 1 aromatic rings. The van der Waals surface area contributed by atoms with Crippen LogP contribution >= 0.6 is 0 Å². The van der Waals surface area contributed by atoms with E-state index in [1.165, 1.54) is 11.1 Å². The molecule has 0 spiro atoms. The molecule has 0 saturated carbocycles. The number of benzene rings is 1. The third-order valence-corrected chi connectivity index (χ3v) is 3.52. The van der Waals surface area contributed by atoms with Crippen LogP contribution in [0.4, 0.5) is 0 Å². The minimum Gasteiger partial charge on any atom is -0.314 e. The van der Waals surface area contributed by atoms with Crippen LogP contribution in [0, 0.1) is 0 Å². The summed E-state index contributed by atoms with van der Waals surface area (Å²) in [7, 11) is 0. The summed E-state index contributed by atoms with van der Waals surface area (Å²) in [6, 6.07) is 8.77. The number of fused-ring (bicyclic) bond motifs is 1. The lowest BCUT2D eigenvalue weighted by Gasteiger charge is -2.29. The van der Waals surface area contributed by atoms with Crippen LogP contribution in [0.5, 0.6) is 0 Å². The molecule has 0 saturated heterocycles. The van der Waals surface area contributed by atoms with E-state index < -0.39 is 0 Å². The van der Waals surface area contributed by atoms with E-state index in [9.17, 15) is 4.79 Å². The van der Waals surface area contributed by atoms with Crippen molar-refractivity contribution in [1.29, 1.82) is 0 Å². The number of hydrogen-bond acceptors (Lipinski definition) is 2. The minimum atomic E-state index is 0.308. The van der Waals surface area contributed by atoms with Gasteiger partial charge in [0.15, 0.2) is 0 Å². The van der Waals surface area contributed by atoms with Gasteiger partial charge in [-0.3, -0.25) is 4.79 Å². The first-order valence-electron chi connectivity index (χ1n) is 6.53. The summed E-state index contributed by atoms with van der Waals surface area (Å²) in [6.07, 6.45) is 2.46. The third-order valence-electron chi connectivity index (χ3n) is 3.52. The molecule has 0 aliphatic heterocycles. The fourth-order valence-corrected chi connectivity index (χ4v) is 2.67. The second-order valence-electron chi connectivity index (χ2n) is 5.01. The van der Waals surface area contributed by atoms with E-state index in [2.05, 4.69) is 43.4 Å². The van der Waals surface area contributed by atoms with Gasteiger partial charge in [-0.05, 0) is 36.9 Å². The van der Waals surface area contributed by atoms with Gasteiger partial charge in [0.1, 0.15) is 5.78 Å². The van der Waals surface area contributed by atoms with Gasteiger partial charge in [0.2, 0.25) is 0 Å². The van der Waals surface area contributed by atoms with Gasteiger partial charge in [0.05, 0.1) is 0 Å². The molecule has 0 heterocycles. The molecule has 2 unspecified atom stereocenters. The Morgan fingerprint density at radius 3 is 2.94 bits per heavy atom. The van der Waals surface area contributed by atoms with Crippen molar-refractivity contribution in [2.24, 2.45) is 0 Å². The number of nitrogens with one attached hydrogen (secondary N) is 1. The van der Waals surface area contributed by atoms with E-state index in [-0.39, 0.29) is 0 Å². The number of carbonyl (C=O) groups is 1. The van der Waals surface area contributed by atoms with Crippen molar-refractivity contribution < 1.29 is 4.79 Å². The maximum Gasteiger partial charge on any atom is 0.135 e. The summed E-state index contributed by atoms with van der Waals surface area (Å²) in [4.78, 5) is 11.9. The van der Waals surface area contributed by atoms with Crippen molar-refractivity contribution in [3.05, 3.63) is 35.4 Å². The molecule has 0 radical (unpaired) electrons. The van der Waals surface area contributed by atoms with Crippen molar-refractivity contribution in [1.82, 2.24) is 5.32 Å². The summed E-state index contributed by atoms with van der Waals surface area (Å²) in [6.45, 7) is 5.08. The van der Waals surface area contributed by atoms with Gasteiger partial charge in [-0.15, -0.1) is 0 Å². The number of rotatable bonds is 6. The lowest BCUT2D eigenvalue weighted by atomic mass is 9.75. The summed E-state index contributed by atoms with van der Waals surface area (Å²) < 4.78 is 0. The molecular formula is C15H21NO. The molecule has 1 aromatic carbocycles. The van der Waals surface area contributed by atoms with Gasteiger partial charge in [-0.25, -0.2) is 0 Å². The molecule has 17 heavy (non-hydrogen) atoms. The molecule has 0 bridgehead atoms. The summed E-state index contributed by atoms with van der Waals surface area (Å²) >= 11 is 0. The monoisotopic (exact) mass is 231 g/mol. The molecule has 0 amide bonds. The first-order valence-corrected chi connectivity index (χ1v) is 6.53. The van der Waals surface area contributed by atoms with E-state index in [1.807, 2.05) is 0 Å². The molecule has 2 nitrogen and oxygen atoms in total. The molecule has 2 rings (SSSR count). The highest BCUT2D eigenvalue weighted by Gasteiger charge is 2.27. The van der Waals surface area contributed by atoms with Crippen molar-refractivity contribution in [3.63, 3.8) is 0 Å². The van der Waals surface area contributed by atoms with Crippen molar-refractivity contribution >= 4 is 5.78 Å². The Morgan fingerprint density at radius 2 is 2.24 bits per heavy atom. The average Bonchev–Trinajstić information content (AvgIpc) is 2.26. The van der Waals surface area contributed by atoms with Crippen LogP contribution < -0.4 is 5.32 Å². The van der Waals surface area contributed by atoms with Gasteiger partial charge in [0.25, 0.3) is 0 Å². The standard InChI is InChI=1S/C15H21NO/c1-3-16-11(2)8-14(17)10-13-9-12-6-4-5-7-15(12)13/h4-7,11,13,16H,3,8-10H2,1-2H3. The van der Waals surface area contributed by atoms with Crippen LogP contribution in [0.15, 0.2) is 24.3 Å². The van der Waals surface area contributed by atoms with Gasteiger partial charge in [0, 0.05) is 18.9 Å². The highest BCUT2D eigenvalue weighted by molar-refractivity contribution is 5.80. The van der Waals surface area contributed by atoms with E-state index in [4.69, 9.17) is 0 Å². The van der Waals surface area contributed by atoms with Crippen LogP contribution in [-0.2, 0) is 11.2 Å². The summed E-state index contributed by atoms with van der Waals surface area (Å²) in [5.41, 5.74) is 2.81. The summed E-state index contributed by atoms with van der Waals surface area (Å²) in [5, 5.41) is 3.28. The normalized spacial score (nSPS) is 19.3. The molecule has 0 fully saturated rings. The largest absolute Gasteiger partial charge is 0.314 e. The maximum atomic E-state index is 11.9. The SMILES string of the molecule is CCNC(C)CC(=O)CC1Cc2ccccc21. The minimum absolute atomic E-state index is 0.308. The Bertz CT molecular complexity index is 400. The van der Waals surface area contributed by atoms with Gasteiger partial charge in [-0.2, -0.15) is 0 Å². The van der Waals surface area contributed by atoms with Crippen molar-refractivity contribution in [3.8, 4) is 0 Å². The van der Waals surface area contributed by atoms with Crippen LogP contribution in [0.1, 0.15) is 43.7 Å². The van der Waals surface area contributed by atoms with Crippen LogP contribution in [0.2, 0.25) is 0 Å². The fraction of sp³-hybridized carbons (Fsp3) is 0.533. The second-order valence-corrected chi connectivity index (χ2v) is 5.01. The van der Waals surface area contributed by atoms with Gasteiger partial charge < -0.3 is 5.32 Å². The quantitative estimate of drug-likeness (QED) is 0.815. The molecule has 1 N–H and O–H groups in total. The maximum absolute atomic E-state index is 11.9. The first-order chi connectivity index (χ1) is 8.20. The van der Waals surface area contributed by atoms with E-state index in [1.54, 1.807) is 0 Å². The highest BCUT2D eigenvalue weighted by Crippen LogP contribution is 2.37. The Hall–Kier alpha value is -1.15. The smallest absolute Gasteiger partial charge is 0.135 e. The Balaban J connectivity index is 1.82. The topological polar surface area (TPSA) is 29.1 Å². The lowest BCUT2D eigenvalue weighted by molar-refractivity contribution is -0.119. The molecule has 2 heteroatoms. The van der Waals surface area contributed by atoms with E-state index in [0.717, 1.165) is 13.0 Å². The van der Waals surface area contributed by atoms with Crippen molar-refractivity contribution in [2.75, 3.05) is 6.54 Å². The Labute approximate surface area is 103 Å². The zero-order valence-corrected chi connectivity index (χ0v) is 10.7. The highest BCUT2D eigenvalue weighted by atomic mass is 16.1. The van der Waals surface area contributed by atoms with Crippen molar-refractivity contribution in [2.45, 2.75) is 45.1 Å². The zero-order chi connectivity index (χ0) is 12.3. The molecule has 0 aromatic heterocycles. The summed E-state index contributed by atoms with van der Waals surface area (Å²) in [5.74, 6) is 0.866. The lowest BCUT2D eigenvalue weighted by Crippen LogP contribution is -2.29. The predicted octanol–water partition coefficient (Wildman–Crippen LogP) is 2.67. The Morgan fingerprint density at radius 1 is 1.47 bits per heavy atom. The van der Waals surface area contributed by atoms with Crippen LogP contribution in [0.25, 0.3) is 0 Å².